The Morgan fingerprint density at radius 2 is 0.737 bits per heavy atom. The smallest absolute Gasteiger partial charge is 0.252 e. The van der Waals surface area contributed by atoms with Crippen LogP contribution in [-0.4, -0.2) is 6.71 Å². The standard InChI is InChI=1S/C72H76BN3/c1-45-34-52-56(71(11,12)43-69(52,7)8)40-61(45)75-60-31-30-48(47-24-18-15-19-25-47)36-58(60)73-59-39-54-55(68(5,6)33-32-67(54,3)4)42-63(59)76(62-41-57-53(35-46(62)2)70(9,10)44-72(57,13)14)65-38-51(37-64(75)66(65)73)74(49-26-20-16-21-27-49)50-28-22-17-23-29-50/h15-31,34-42H,32-33,43-44H2,1-14H3. The van der Waals surface area contributed by atoms with Gasteiger partial charge in [-0.2, -0.15) is 0 Å². The van der Waals surface area contributed by atoms with Crippen molar-refractivity contribution in [3.63, 3.8) is 0 Å². The Bertz CT molecular complexity index is 3650. The fourth-order valence-electron chi connectivity index (χ4n) is 15.8. The van der Waals surface area contributed by atoms with E-state index in [-0.39, 0.29) is 39.2 Å². The van der Waals surface area contributed by atoms with Crippen molar-refractivity contribution >= 4 is 74.3 Å². The lowest BCUT2D eigenvalue weighted by Gasteiger charge is -2.48. The molecule has 0 fully saturated rings. The maximum Gasteiger partial charge on any atom is 0.252 e. The van der Waals surface area contributed by atoms with Crippen LogP contribution in [0.25, 0.3) is 11.1 Å². The summed E-state index contributed by atoms with van der Waals surface area (Å²) >= 11 is 0. The Labute approximate surface area is 455 Å². The highest BCUT2D eigenvalue weighted by atomic mass is 15.2. The van der Waals surface area contributed by atoms with Crippen molar-refractivity contribution in [3.05, 3.63) is 202 Å². The minimum Gasteiger partial charge on any atom is -0.311 e. The van der Waals surface area contributed by atoms with Crippen molar-refractivity contribution in [2.45, 2.75) is 155 Å². The van der Waals surface area contributed by atoms with Crippen molar-refractivity contribution in [2.24, 2.45) is 0 Å². The van der Waals surface area contributed by atoms with Crippen LogP contribution in [0.4, 0.5) is 51.2 Å². The molecule has 382 valence electrons. The van der Waals surface area contributed by atoms with Crippen molar-refractivity contribution in [2.75, 3.05) is 14.7 Å². The Balaban J connectivity index is 1.21. The highest BCUT2D eigenvalue weighted by Crippen LogP contribution is 2.57. The molecule has 76 heavy (non-hydrogen) atoms. The molecule has 3 nitrogen and oxygen atoms in total. The molecule has 2 heterocycles. The molecule has 0 bridgehead atoms. The Kier molecular flexibility index (Phi) is 10.5. The lowest BCUT2D eigenvalue weighted by Crippen LogP contribution is -2.62. The second kappa shape index (κ2) is 16.4. The third kappa shape index (κ3) is 7.28. The van der Waals surface area contributed by atoms with Gasteiger partial charge in [-0.25, -0.2) is 0 Å². The molecule has 5 aliphatic rings. The third-order valence-corrected chi connectivity index (χ3v) is 19.3. The number of para-hydroxylation sites is 2. The molecule has 0 spiro atoms. The van der Waals surface area contributed by atoms with Crippen molar-refractivity contribution in [1.82, 2.24) is 0 Å². The van der Waals surface area contributed by atoms with Gasteiger partial charge in [0.15, 0.2) is 0 Å². The normalized spacial score (nSPS) is 19.0. The Hall–Kier alpha value is -6.78. The maximum atomic E-state index is 2.75. The number of fused-ring (bicyclic) bond motifs is 7. The predicted molar refractivity (Wildman–Crippen MR) is 327 cm³/mol. The van der Waals surface area contributed by atoms with Crippen molar-refractivity contribution < 1.29 is 0 Å². The summed E-state index contributed by atoms with van der Waals surface area (Å²) in [6, 6.07) is 61.4. The van der Waals surface area contributed by atoms with Crippen molar-refractivity contribution in [3.8, 4) is 11.1 Å². The Morgan fingerprint density at radius 3 is 1.22 bits per heavy atom. The number of nitrogens with zero attached hydrogens (tertiary/aromatic N) is 3. The van der Waals surface area contributed by atoms with Crippen LogP contribution in [0.1, 0.15) is 153 Å². The average molecular weight is 994 g/mol. The highest BCUT2D eigenvalue weighted by Gasteiger charge is 2.50. The van der Waals surface area contributed by atoms with Gasteiger partial charge in [0.1, 0.15) is 0 Å². The summed E-state index contributed by atoms with van der Waals surface area (Å²) in [6.07, 6.45) is 4.53. The SMILES string of the molecule is Cc1cc2c(cc1N1c3ccc(-c4ccccc4)cc3B3c4cc5c(cc4N(c4cc6c(cc4C)C(C)(C)CC6(C)C)c4cc(N(c6ccccc6)c6ccccc6)cc1c43)C(C)(C)CCC5(C)C)C(C)(C)CC2(C)C. The van der Waals surface area contributed by atoms with E-state index in [2.05, 4.69) is 269 Å². The van der Waals surface area contributed by atoms with Crippen LogP contribution in [0.5, 0.6) is 0 Å². The van der Waals surface area contributed by atoms with Gasteiger partial charge < -0.3 is 14.7 Å². The van der Waals surface area contributed by atoms with Crippen LogP contribution in [0.2, 0.25) is 0 Å². The van der Waals surface area contributed by atoms with E-state index >= 15 is 0 Å². The second-order valence-corrected chi connectivity index (χ2v) is 27.6. The summed E-state index contributed by atoms with van der Waals surface area (Å²) in [5.74, 6) is 0. The minimum absolute atomic E-state index is 0.00440. The first-order valence-corrected chi connectivity index (χ1v) is 28.3. The van der Waals surface area contributed by atoms with Gasteiger partial charge in [-0.15, -0.1) is 0 Å². The van der Waals surface area contributed by atoms with E-state index in [1.54, 1.807) is 0 Å². The summed E-state index contributed by atoms with van der Waals surface area (Å²) in [5, 5.41) is 0. The molecule has 0 saturated heterocycles. The van der Waals surface area contributed by atoms with E-state index in [0.717, 1.165) is 42.7 Å². The Morgan fingerprint density at radius 1 is 0.342 bits per heavy atom. The molecule has 0 radical (unpaired) electrons. The van der Waals surface area contributed by atoms with Gasteiger partial charge in [0, 0.05) is 45.5 Å². The quantitative estimate of drug-likeness (QED) is 0.154. The first kappa shape index (κ1) is 48.8. The molecule has 13 rings (SSSR count). The van der Waals surface area contributed by atoms with E-state index in [1.807, 2.05) is 0 Å². The van der Waals surface area contributed by atoms with Gasteiger partial charge in [-0.3, -0.25) is 0 Å². The van der Waals surface area contributed by atoms with Gasteiger partial charge in [-0.1, -0.05) is 180 Å². The molecule has 0 saturated carbocycles. The molecule has 0 N–H and O–H groups in total. The summed E-state index contributed by atoms with van der Waals surface area (Å²) < 4.78 is 0. The van der Waals surface area contributed by atoms with E-state index < -0.39 is 0 Å². The number of hydrogen-bond acceptors (Lipinski definition) is 3. The summed E-state index contributed by atoms with van der Waals surface area (Å²) in [6.45, 7) is 34.4. The molecule has 4 heteroatoms. The van der Waals surface area contributed by atoms with Gasteiger partial charge in [0.05, 0.1) is 5.69 Å². The fraction of sp³-hybridized carbons (Fsp3) is 0.333. The maximum absolute atomic E-state index is 2.75. The zero-order valence-electron chi connectivity index (χ0n) is 47.8. The number of benzene rings is 8. The number of aryl methyl sites for hydroxylation is 2. The number of rotatable bonds is 6. The van der Waals surface area contributed by atoms with Crippen LogP contribution in [0.3, 0.4) is 0 Å². The van der Waals surface area contributed by atoms with Crippen LogP contribution in [0.15, 0.2) is 158 Å². The lowest BCUT2D eigenvalue weighted by molar-refractivity contribution is 0.332. The zero-order chi connectivity index (χ0) is 53.2. The summed E-state index contributed by atoms with van der Waals surface area (Å²) in [7, 11) is 0. The predicted octanol–water partition coefficient (Wildman–Crippen LogP) is 17.8. The molecule has 8 aromatic carbocycles. The number of anilines is 9. The van der Waals surface area contributed by atoms with Gasteiger partial charge >= 0.3 is 0 Å². The molecule has 8 aromatic rings. The first-order valence-electron chi connectivity index (χ1n) is 28.3. The van der Waals surface area contributed by atoms with E-state index in [9.17, 15) is 0 Å². The minimum atomic E-state index is -0.0523. The molecule has 0 atom stereocenters. The van der Waals surface area contributed by atoms with Gasteiger partial charge in [0.25, 0.3) is 6.71 Å². The van der Waals surface area contributed by atoms with Crippen LogP contribution in [0, 0.1) is 13.8 Å². The topological polar surface area (TPSA) is 9.72 Å². The van der Waals surface area contributed by atoms with Crippen LogP contribution < -0.4 is 31.1 Å². The number of hydrogen-bond donors (Lipinski definition) is 0. The largest absolute Gasteiger partial charge is 0.311 e. The molecular formula is C72H76BN3. The second-order valence-electron chi connectivity index (χ2n) is 27.6. The van der Waals surface area contributed by atoms with Crippen molar-refractivity contribution in [1.29, 1.82) is 0 Å². The van der Waals surface area contributed by atoms with E-state index in [0.29, 0.717) is 0 Å². The lowest BCUT2D eigenvalue weighted by atomic mass is 9.33. The van der Waals surface area contributed by atoms with Gasteiger partial charge in [-0.05, 0) is 205 Å². The average Bonchev–Trinajstić information content (AvgIpc) is 3.71. The molecule has 0 amide bonds. The molecule has 3 aliphatic carbocycles. The zero-order valence-corrected chi connectivity index (χ0v) is 47.8. The molecule has 0 unspecified atom stereocenters. The first-order chi connectivity index (χ1) is 36.0. The molecule has 2 aliphatic heterocycles. The van der Waals surface area contributed by atoms with E-state index in [4.69, 9.17) is 0 Å². The molecular weight excluding hydrogens is 918 g/mol. The van der Waals surface area contributed by atoms with Gasteiger partial charge in [0.2, 0.25) is 0 Å². The monoisotopic (exact) mass is 994 g/mol. The van der Waals surface area contributed by atoms with E-state index in [1.165, 1.54) is 106 Å². The summed E-state index contributed by atoms with van der Waals surface area (Å²) in [4.78, 5) is 7.94. The third-order valence-electron chi connectivity index (χ3n) is 19.3. The summed E-state index contributed by atoms with van der Waals surface area (Å²) in [5.41, 5.74) is 29.2. The highest BCUT2D eigenvalue weighted by molar-refractivity contribution is 7.00. The van der Waals surface area contributed by atoms with Crippen LogP contribution in [-0.2, 0) is 32.5 Å². The van der Waals surface area contributed by atoms with Crippen LogP contribution >= 0.6 is 0 Å². The fourth-order valence-corrected chi connectivity index (χ4v) is 15.8. The molecule has 0 aromatic heterocycles.